The van der Waals surface area contributed by atoms with Gasteiger partial charge in [0, 0.05) is 35.5 Å². The first-order valence-corrected chi connectivity index (χ1v) is 14.7. The molecule has 2 heterocycles. The minimum atomic E-state index is -3.92. The Hall–Kier alpha value is -3.34. The SMILES string of the molecule is NC1CCC(COc2ccn3ncc(-c4cc(-c5ccc(F)cc5F)cc(C5(S(N)(=O)=O)CC5)c4)c3c2)CC1. The topological polar surface area (TPSA) is 113 Å². The molecular formula is C29H30F2N4O3S. The van der Waals surface area contributed by atoms with Crippen LogP contribution in [0, 0.1) is 17.6 Å². The van der Waals surface area contributed by atoms with Crippen LogP contribution in [0.1, 0.15) is 44.1 Å². The monoisotopic (exact) mass is 552 g/mol. The fraction of sp³-hybridized carbons (Fsp3) is 0.345. The van der Waals surface area contributed by atoms with Crippen LogP contribution in [0.15, 0.2) is 60.9 Å². The van der Waals surface area contributed by atoms with Gasteiger partial charge in [0.15, 0.2) is 0 Å². The van der Waals surface area contributed by atoms with Gasteiger partial charge in [0.25, 0.3) is 0 Å². The maximum Gasteiger partial charge on any atom is 0.219 e. The Kier molecular flexibility index (Phi) is 6.44. The summed E-state index contributed by atoms with van der Waals surface area (Å²) in [6.45, 7) is 0.604. The standard InChI is InChI=1S/C29H30F2N4O3S/c30-22-3-6-25(27(31)14-22)19-11-20(13-21(12-19)29(8-9-29)39(33,36)37)26-16-34-35-10-7-24(15-28(26)35)38-17-18-1-4-23(32)5-2-18/h3,6-7,10-16,18,23H,1-2,4-5,8-9,17,32H2,(H2,33,36,37). The summed E-state index contributed by atoms with van der Waals surface area (Å²) in [5.74, 6) is -0.272. The average Bonchev–Trinajstić information content (AvgIpc) is 3.63. The van der Waals surface area contributed by atoms with Gasteiger partial charge in [-0.1, -0.05) is 0 Å². The third-order valence-corrected chi connectivity index (χ3v) is 9.86. The Morgan fingerprint density at radius 2 is 1.69 bits per heavy atom. The molecule has 2 aromatic carbocycles. The molecule has 0 unspecified atom stereocenters. The highest BCUT2D eigenvalue weighted by Gasteiger charge is 2.54. The molecule has 2 aliphatic carbocycles. The van der Waals surface area contributed by atoms with E-state index in [1.807, 2.05) is 18.3 Å². The predicted molar refractivity (Wildman–Crippen MR) is 145 cm³/mol. The first kappa shape index (κ1) is 25.9. The number of hydrogen-bond donors (Lipinski definition) is 2. The number of hydrogen-bond acceptors (Lipinski definition) is 5. The lowest BCUT2D eigenvalue weighted by Gasteiger charge is -2.25. The maximum atomic E-state index is 14.8. The number of rotatable bonds is 7. The molecule has 0 bridgehead atoms. The number of aromatic nitrogens is 2. The number of nitrogens with two attached hydrogens (primary N) is 2. The van der Waals surface area contributed by atoms with Crippen LogP contribution in [0.4, 0.5) is 8.78 Å². The normalized spacial score (nSPS) is 20.7. The Bertz CT molecular complexity index is 1660. The zero-order chi connectivity index (χ0) is 27.4. The van der Waals surface area contributed by atoms with Gasteiger partial charge in [0.1, 0.15) is 22.1 Å². The van der Waals surface area contributed by atoms with Crippen LogP contribution in [-0.2, 0) is 14.8 Å². The maximum absolute atomic E-state index is 14.8. The van der Waals surface area contributed by atoms with E-state index in [0.717, 1.165) is 42.8 Å². The summed E-state index contributed by atoms with van der Waals surface area (Å²) in [5.41, 5.74) is 9.21. The highest BCUT2D eigenvalue weighted by Crippen LogP contribution is 2.53. The highest BCUT2D eigenvalue weighted by atomic mass is 32.2. The molecule has 2 saturated carbocycles. The van der Waals surface area contributed by atoms with Crippen LogP contribution in [-0.4, -0.2) is 30.7 Å². The van der Waals surface area contributed by atoms with Crippen LogP contribution in [0.3, 0.4) is 0 Å². The van der Waals surface area contributed by atoms with Gasteiger partial charge in [-0.25, -0.2) is 26.9 Å². The van der Waals surface area contributed by atoms with Gasteiger partial charge in [-0.2, -0.15) is 5.10 Å². The van der Waals surface area contributed by atoms with Crippen LogP contribution in [0.25, 0.3) is 27.8 Å². The highest BCUT2D eigenvalue weighted by molar-refractivity contribution is 7.90. The molecule has 204 valence electrons. The summed E-state index contributed by atoms with van der Waals surface area (Å²) in [6, 6.07) is 12.5. The minimum Gasteiger partial charge on any atom is -0.493 e. The molecule has 4 N–H and O–H groups in total. The van der Waals surface area contributed by atoms with Crippen LogP contribution >= 0.6 is 0 Å². The first-order valence-electron chi connectivity index (χ1n) is 13.1. The Morgan fingerprint density at radius 3 is 2.36 bits per heavy atom. The summed E-state index contributed by atoms with van der Waals surface area (Å²) in [6.07, 6.45) is 8.34. The number of halogens is 2. The molecule has 0 amide bonds. The van der Waals surface area contributed by atoms with Crippen molar-refractivity contribution in [3.8, 4) is 28.0 Å². The molecule has 10 heteroatoms. The molecule has 2 aliphatic rings. The van der Waals surface area contributed by atoms with Crippen molar-refractivity contribution in [1.82, 2.24) is 9.61 Å². The molecule has 0 aliphatic heterocycles. The smallest absolute Gasteiger partial charge is 0.219 e. The average molecular weight is 553 g/mol. The second kappa shape index (κ2) is 9.69. The molecule has 39 heavy (non-hydrogen) atoms. The molecule has 0 atom stereocenters. The lowest BCUT2D eigenvalue weighted by Crippen LogP contribution is -2.28. The van der Waals surface area contributed by atoms with Gasteiger partial charge < -0.3 is 10.5 Å². The van der Waals surface area contributed by atoms with Gasteiger partial charge in [-0.15, -0.1) is 0 Å². The van der Waals surface area contributed by atoms with Crippen molar-refractivity contribution in [2.75, 3.05) is 6.61 Å². The largest absolute Gasteiger partial charge is 0.493 e. The first-order chi connectivity index (χ1) is 18.6. The van der Waals surface area contributed by atoms with E-state index in [1.165, 1.54) is 12.1 Å². The molecule has 7 nitrogen and oxygen atoms in total. The molecule has 0 radical (unpaired) electrons. The number of sulfonamides is 1. The second-order valence-electron chi connectivity index (χ2n) is 10.8. The van der Waals surface area contributed by atoms with Crippen molar-refractivity contribution in [2.24, 2.45) is 16.8 Å². The fourth-order valence-electron chi connectivity index (χ4n) is 5.62. The van der Waals surface area contributed by atoms with Crippen molar-refractivity contribution < 1.29 is 21.9 Å². The Balaban J connectivity index is 1.41. The van der Waals surface area contributed by atoms with E-state index in [4.69, 9.17) is 15.6 Å². The van der Waals surface area contributed by atoms with Crippen LogP contribution in [0.5, 0.6) is 5.75 Å². The summed E-state index contributed by atoms with van der Waals surface area (Å²) >= 11 is 0. The Labute approximate surface area is 225 Å². The fourth-order valence-corrected chi connectivity index (χ4v) is 6.74. The number of fused-ring (bicyclic) bond motifs is 1. The van der Waals surface area contributed by atoms with E-state index in [1.54, 1.807) is 28.9 Å². The van der Waals surface area contributed by atoms with Crippen molar-refractivity contribution in [2.45, 2.75) is 49.3 Å². The zero-order valence-corrected chi connectivity index (χ0v) is 22.1. The zero-order valence-electron chi connectivity index (χ0n) is 21.3. The lowest BCUT2D eigenvalue weighted by molar-refractivity contribution is 0.200. The molecule has 2 fully saturated rings. The van der Waals surface area contributed by atoms with Crippen molar-refractivity contribution in [3.05, 3.63) is 78.1 Å². The van der Waals surface area contributed by atoms with Gasteiger partial charge in [0.05, 0.1) is 18.3 Å². The number of nitrogens with zero attached hydrogens (tertiary/aromatic N) is 2. The number of pyridine rings is 1. The molecule has 0 saturated heterocycles. The summed E-state index contributed by atoms with van der Waals surface area (Å²) < 4.78 is 60.2. The molecule has 4 aromatic rings. The van der Waals surface area contributed by atoms with E-state index in [0.29, 0.717) is 47.8 Å². The van der Waals surface area contributed by atoms with Crippen molar-refractivity contribution in [3.63, 3.8) is 0 Å². The lowest BCUT2D eigenvalue weighted by atomic mass is 9.87. The van der Waals surface area contributed by atoms with Crippen molar-refractivity contribution >= 4 is 15.5 Å². The summed E-state index contributed by atoms with van der Waals surface area (Å²) in [4.78, 5) is 0. The molecule has 6 rings (SSSR count). The Morgan fingerprint density at radius 1 is 0.974 bits per heavy atom. The third kappa shape index (κ3) is 4.92. The van der Waals surface area contributed by atoms with E-state index in [2.05, 4.69) is 5.10 Å². The van der Waals surface area contributed by atoms with Gasteiger partial charge in [0.2, 0.25) is 10.0 Å². The number of ether oxygens (including phenoxy) is 1. The van der Waals surface area contributed by atoms with E-state index < -0.39 is 26.4 Å². The molecule has 2 aromatic heterocycles. The molecule has 0 spiro atoms. The summed E-state index contributed by atoms with van der Waals surface area (Å²) in [5, 5.41) is 10.1. The quantitative estimate of drug-likeness (QED) is 0.331. The van der Waals surface area contributed by atoms with Gasteiger partial charge in [-0.05, 0) is 97.5 Å². The van der Waals surface area contributed by atoms with Gasteiger partial charge >= 0.3 is 0 Å². The van der Waals surface area contributed by atoms with E-state index in [9.17, 15) is 17.2 Å². The predicted octanol–water partition coefficient (Wildman–Crippen LogP) is 5.12. The number of primary sulfonamides is 1. The van der Waals surface area contributed by atoms with Crippen LogP contribution < -0.4 is 15.6 Å². The second-order valence-corrected chi connectivity index (χ2v) is 12.7. The molecular weight excluding hydrogens is 522 g/mol. The van der Waals surface area contributed by atoms with Crippen LogP contribution in [0.2, 0.25) is 0 Å². The van der Waals surface area contributed by atoms with E-state index >= 15 is 0 Å². The van der Waals surface area contributed by atoms with Crippen molar-refractivity contribution in [1.29, 1.82) is 0 Å². The number of benzene rings is 2. The minimum absolute atomic E-state index is 0.164. The van der Waals surface area contributed by atoms with E-state index in [-0.39, 0.29) is 11.6 Å². The third-order valence-electron chi connectivity index (χ3n) is 8.13. The summed E-state index contributed by atoms with van der Waals surface area (Å²) in [7, 11) is -3.92. The van der Waals surface area contributed by atoms with Gasteiger partial charge in [-0.3, -0.25) is 0 Å².